The molecule has 0 saturated heterocycles. The van der Waals surface area contributed by atoms with Crippen LogP contribution in [-0.2, 0) is 4.74 Å². The van der Waals surface area contributed by atoms with Crippen LogP contribution in [0.4, 0.5) is 0 Å². The Bertz CT molecular complexity index is 372. The van der Waals surface area contributed by atoms with Gasteiger partial charge < -0.3 is 14.2 Å². The summed E-state index contributed by atoms with van der Waals surface area (Å²) in [6, 6.07) is 7.44. The van der Waals surface area contributed by atoms with E-state index in [1.54, 1.807) is 14.2 Å². The van der Waals surface area contributed by atoms with Gasteiger partial charge in [-0.2, -0.15) is 0 Å². The zero-order valence-corrected chi connectivity index (χ0v) is 11.2. The van der Waals surface area contributed by atoms with Crippen molar-refractivity contribution in [2.75, 3.05) is 27.4 Å². The van der Waals surface area contributed by atoms with Gasteiger partial charge >= 0.3 is 0 Å². The average molecular weight is 249 g/mol. The van der Waals surface area contributed by atoms with E-state index in [0.717, 1.165) is 17.9 Å². The first-order valence-corrected chi connectivity index (χ1v) is 6.57. The van der Waals surface area contributed by atoms with Crippen molar-refractivity contribution < 1.29 is 14.2 Å². The second-order valence-electron chi connectivity index (χ2n) is 4.63. The first kappa shape index (κ1) is 13.2. The third-order valence-electron chi connectivity index (χ3n) is 3.40. The molecule has 0 heterocycles. The van der Waals surface area contributed by atoms with Crippen LogP contribution in [0.3, 0.4) is 0 Å². The van der Waals surface area contributed by atoms with Crippen molar-refractivity contribution in [3.8, 4) is 11.5 Å². The van der Waals surface area contributed by atoms with Gasteiger partial charge in [-0.15, -0.1) is 0 Å². The van der Waals surface area contributed by atoms with E-state index < -0.39 is 0 Å². The van der Waals surface area contributed by atoms with Crippen molar-refractivity contribution in [2.24, 2.45) is 0 Å². The van der Waals surface area contributed by atoms with Crippen molar-refractivity contribution in [2.45, 2.75) is 31.6 Å². The highest BCUT2D eigenvalue weighted by Crippen LogP contribution is 2.39. The van der Waals surface area contributed by atoms with Gasteiger partial charge in [0.15, 0.2) is 11.5 Å². The number of benzene rings is 1. The van der Waals surface area contributed by atoms with Crippen LogP contribution in [0.2, 0.25) is 0 Å². The Labute approximate surface area is 109 Å². The zero-order valence-electron chi connectivity index (χ0n) is 11.2. The molecule has 0 unspecified atom stereocenters. The lowest BCUT2D eigenvalue weighted by Gasteiger charge is -2.26. The Morgan fingerprint density at radius 2 is 2.06 bits per heavy atom. The lowest BCUT2D eigenvalue weighted by Crippen LogP contribution is -2.10. The summed E-state index contributed by atoms with van der Waals surface area (Å²) in [6.07, 6.45) is 4.74. The fourth-order valence-corrected chi connectivity index (χ4v) is 2.08. The molecule has 99 valence electrons. The first-order valence-electron chi connectivity index (χ1n) is 6.57. The Kier molecular flexibility index (Phi) is 4.88. The monoisotopic (exact) mass is 249 g/mol. The van der Waals surface area contributed by atoms with E-state index in [0.29, 0.717) is 19.1 Å². The van der Waals surface area contributed by atoms with E-state index in [2.05, 4.69) is 12.1 Å². The summed E-state index contributed by atoms with van der Waals surface area (Å²) in [4.78, 5) is 0. The first-order chi connectivity index (χ1) is 8.85. The molecule has 1 aliphatic rings. The van der Waals surface area contributed by atoms with E-state index >= 15 is 0 Å². The van der Waals surface area contributed by atoms with Gasteiger partial charge in [-0.25, -0.2) is 0 Å². The molecule has 1 aromatic rings. The largest absolute Gasteiger partial charge is 0.493 e. The fraction of sp³-hybridized carbons (Fsp3) is 0.600. The van der Waals surface area contributed by atoms with E-state index in [1.807, 2.05) is 6.07 Å². The number of methoxy groups -OCH3 is 2. The van der Waals surface area contributed by atoms with E-state index in [9.17, 15) is 0 Å². The Morgan fingerprint density at radius 1 is 1.22 bits per heavy atom. The Morgan fingerprint density at radius 3 is 2.67 bits per heavy atom. The molecule has 3 nitrogen and oxygen atoms in total. The SMILES string of the molecule is COCCCOc1[c]c(C2CCC2)ccc1OC. The van der Waals surface area contributed by atoms with Crippen LogP contribution in [0.15, 0.2) is 12.1 Å². The minimum atomic E-state index is 0.634. The van der Waals surface area contributed by atoms with Gasteiger partial charge in [0.1, 0.15) is 0 Å². The summed E-state index contributed by atoms with van der Waals surface area (Å²) in [5, 5.41) is 0. The summed E-state index contributed by atoms with van der Waals surface area (Å²) in [6.45, 7) is 1.35. The van der Waals surface area contributed by atoms with Crippen LogP contribution in [0.25, 0.3) is 0 Å². The van der Waals surface area contributed by atoms with Gasteiger partial charge in [0, 0.05) is 26.2 Å². The summed E-state index contributed by atoms with van der Waals surface area (Å²) in [5.74, 6) is 2.16. The second-order valence-corrected chi connectivity index (χ2v) is 4.63. The lowest BCUT2D eigenvalue weighted by atomic mass is 9.80. The van der Waals surface area contributed by atoms with Crippen LogP contribution >= 0.6 is 0 Å². The highest BCUT2D eigenvalue weighted by Gasteiger charge is 2.21. The summed E-state index contributed by atoms with van der Waals surface area (Å²) in [7, 11) is 3.36. The van der Waals surface area contributed by atoms with Gasteiger partial charge in [0.25, 0.3) is 0 Å². The predicted octanol–water partition coefficient (Wildman–Crippen LogP) is 3.18. The molecule has 0 amide bonds. The highest BCUT2D eigenvalue weighted by molar-refractivity contribution is 5.43. The lowest BCUT2D eigenvalue weighted by molar-refractivity contribution is 0.170. The molecule has 1 saturated carbocycles. The molecule has 0 spiro atoms. The molecule has 1 fully saturated rings. The van der Waals surface area contributed by atoms with Crippen molar-refractivity contribution >= 4 is 0 Å². The van der Waals surface area contributed by atoms with E-state index in [-0.39, 0.29) is 0 Å². The van der Waals surface area contributed by atoms with Gasteiger partial charge in [-0.1, -0.05) is 12.5 Å². The normalized spacial score (nSPS) is 15.2. The zero-order chi connectivity index (χ0) is 12.8. The van der Waals surface area contributed by atoms with Crippen molar-refractivity contribution in [3.05, 3.63) is 23.8 Å². The topological polar surface area (TPSA) is 27.7 Å². The molecule has 3 heteroatoms. The maximum Gasteiger partial charge on any atom is 0.169 e. The minimum absolute atomic E-state index is 0.634. The van der Waals surface area contributed by atoms with Crippen LogP contribution < -0.4 is 9.47 Å². The van der Waals surface area contributed by atoms with Gasteiger partial charge in [0.2, 0.25) is 0 Å². The molecular formula is C15H21O3. The maximum atomic E-state index is 5.73. The predicted molar refractivity (Wildman–Crippen MR) is 70.4 cm³/mol. The third kappa shape index (κ3) is 3.16. The Hall–Kier alpha value is -1.22. The molecule has 1 aliphatic carbocycles. The molecule has 0 aliphatic heterocycles. The number of rotatable bonds is 7. The molecule has 0 N–H and O–H groups in total. The molecule has 18 heavy (non-hydrogen) atoms. The molecule has 1 radical (unpaired) electrons. The minimum Gasteiger partial charge on any atom is -0.493 e. The summed E-state index contributed by atoms with van der Waals surface area (Å²) in [5.41, 5.74) is 1.25. The fourth-order valence-electron chi connectivity index (χ4n) is 2.08. The smallest absolute Gasteiger partial charge is 0.169 e. The quantitative estimate of drug-likeness (QED) is 0.695. The van der Waals surface area contributed by atoms with E-state index in [4.69, 9.17) is 14.2 Å². The summed E-state index contributed by atoms with van der Waals surface area (Å²) < 4.78 is 16.0. The number of hydrogen-bond acceptors (Lipinski definition) is 3. The maximum absolute atomic E-state index is 5.73. The number of ether oxygens (including phenoxy) is 3. The van der Waals surface area contributed by atoms with Crippen LogP contribution in [0.5, 0.6) is 11.5 Å². The molecular weight excluding hydrogens is 228 g/mol. The van der Waals surface area contributed by atoms with E-state index in [1.165, 1.54) is 24.8 Å². The molecule has 0 aromatic heterocycles. The molecule has 1 aromatic carbocycles. The van der Waals surface area contributed by atoms with Crippen molar-refractivity contribution in [1.29, 1.82) is 0 Å². The number of hydrogen-bond donors (Lipinski definition) is 0. The highest BCUT2D eigenvalue weighted by atomic mass is 16.5. The third-order valence-corrected chi connectivity index (χ3v) is 3.40. The molecule has 0 bridgehead atoms. The van der Waals surface area contributed by atoms with Crippen LogP contribution in [-0.4, -0.2) is 27.4 Å². The standard InChI is InChI=1S/C15H21O3/c1-16-9-4-10-18-15-11-13(12-5-3-6-12)7-8-14(15)17-2/h7-8,12H,3-6,9-10H2,1-2H3. The van der Waals surface area contributed by atoms with Gasteiger partial charge in [-0.3, -0.25) is 0 Å². The molecule has 2 rings (SSSR count). The second kappa shape index (κ2) is 6.64. The Balaban J connectivity index is 1.99. The van der Waals surface area contributed by atoms with Crippen molar-refractivity contribution in [3.63, 3.8) is 0 Å². The van der Waals surface area contributed by atoms with Crippen LogP contribution in [0, 0.1) is 6.07 Å². The van der Waals surface area contributed by atoms with Crippen LogP contribution in [0.1, 0.15) is 37.2 Å². The summed E-state index contributed by atoms with van der Waals surface area (Å²) >= 11 is 0. The van der Waals surface area contributed by atoms with Gasteiger partial charge in [-0.05, 0) is 30.4 Å². The molecule has 0 atom stereocenters. The van der Waals surface area contributed by atoms with Crippen molar-refractivity contribution in [1.82, 2.24) is 0 Å². The van der Waals surface area contributed by atoms with Gasteiger partial charge in [0.05, 0.1) is 13.7 Å². The average Bonchev–Trinajstić information content (AvgIpc) is 2.33.